The van der Waals surface area contributed by atoms with E-state index in [-0.39, 0.29) is 5.92 Å². The zero-order valence-electron chi connectivity index (χ0n) is 9.27. The van der Waals surface area contributed by atoms with Gasteiger partial charge in [0.1, 0.15) is 0 Å². The molecule has 0 saturated carbocycles. The number of hydrogen-bond acceptors (Lipinski definition) is 3. The Labute approximate surface area is 102 Å². The molecule has 1 N–H and O–H groups in total. The maximum absolute atomic E-state index is 10.7. The molecule has 0 radical (unpaired) electrons. The Bertz CT molecular complexity index is 424. The lowest BCUT2D eigenvalue weighted by molar-refractivity contribution is -0.147. The Morgan fingerprint density at radius 2 is 2.25 bits per heavy atom. The predicted octanol–water partition coefficient (Wildman–Crippen LogP) is 1.01. The van der Waals surface area contributed by atoms with Crippen LogP contribution in [0.25, 0.3) is 0 Å². The third-order valence-corrected chi connectivity index (χ3v) is 3.97. The fraction of sp³-hybridized carbons (Fsp3) is 0.600. The van der Waals surface area contributed by atoms with E-state index < -0.39 is 5.97 Å². The van der Waals surface area contributed by atoms with E-state index in [1.807, 2.05) is 18.7 Å². The Balaban J connectivity index is 1.99. The Morgan fingerprint density at radius 3 is 2.69 bits per heavy atom. The van der Waals surface area contributed by atoms with Crippen molar-refractivity contribution in [1.82, 2.24) is 14.7 Å². The summed E-state index contributed by atoms with van der Waals surface area (Å²) < 4.78 is 2.86. The van der Waals surface area contributed by atoms with Crippen molar-refractivity contribution in [2.24, 2.45) is 13.0 Å². The molecular formula is C10H14BrN3O2. The Kier molecular flexibility index (Phi) is 3.03. The summed E-state index contributed by atoms with van der Waals surface area (Å²) in [4.78, 5) is 12.8. The summed E-state index contributed by atoms with van der Waals surface area (Å²) >= 11 is 3.50. The summed E-state index contributed by atoms with van der Waals surface area (Å²) in [5.41, 5.74) is 2.06. The van der Waals surface area contributed by atoms with Gasteiger partial charge in [0.05, 0.1) is 21.8 Å². The molecule has 1 aliphatic rings. The minimum absolute atomic E-state index is 0.201. The van der Waals surface area contributed by atoms with E-state index in [4.69, 9.17) is 5.11 Å². The smallest absolute Gasteiger partial charge is 0.309 e. The molecule has 0 spiro atoms. The topological polar surface area (TPSA) is 58.4 Å². The quantitative estimate of drug-likeness (QED) is 0.901. The van der Waals surface area contributed by atoms with E-state index in [0.717, 1.165) is 22.4 Å². The van der Waals surface area contributed by atoms with Crippen LogP contribution in [0.2, 0.25) is 0 Å². The van der Waals surface area contributed by atoms with Crippen molar-refractivity contribution < 1.29 is 9.90 Å². The van der Waals surface area contributed by atoms with Gasteiger partial charge in [0.25, 0.3) is 0 Å². The number of carboxylic acid groups (broad SMARTS) is 1. The number of aliphatic carboxylic acids is 1. The highest BCUT2D eigenvalue weighted by Gasteiger charge is 2.33. The highest BCUT2D eigenvalue weighted by Crippen LogP contribution is 2.25. The van der Waals surface area contributed by atoms with Crippen LogP contribution in [0.1, 0.15) is 11.4 Å². The zero-order valence-corrected chi connectivity index (χ0v) is 10.9. The SMILES string of the molecule is Cc1nn(C)c(CN2CC(C(=O)O)C2)c1Br. The molecule has 0 aliphatic carbocycles. The third-order valence-electron chi connectivity index (χ3n) is 2.94. The van der Waals surface area contributed by atoms with E-state index in [0.29, 0.717) is 13.1 Å². The molecule has 1 fully saturated rings. The van der Waals surface area contributed by atoms with Crippen LogP contribution in [0.15, 0.2) is 4.47 Å². The first-order valence-corrected chi connectivity index (χ1v) is 5.91. The Hall–Kier alpha value is -0.880. The van der Waals surface area contributed by atoms with Crippen LogP contribution in [-0.2, 0) is 18.4 Å². The van der Waals surface area contributed by atoms with Crippen molar-refractivity contribution in [2.75, 3.05) is 13.1 Å². The van der Waals surface area contributed by atoms with E-state index >= 15 is 0 Å². The lowest BCUT2D eigenvalue weighted by Crippen LogP contribution is -2.49. The number of carboxylic acids is 1. The maximum Gasteiger partial charge on any atom is 0.309 e. The molecule has 0 amide bonds. The summed E-state index contributed by atoms with van der Waals surface area (Å²) in [5.74, 6) is -0.899. The summed E-state index contributed by atoms with van der Waals surface area (Å²) in [6.07, 6.45) is 0. The minimum atomic E-state index is -0.698. The number of likely N-dealkylation sites (tertiary alicyclic amines) is 1. The summed E-state index contributed by atoms with van der Waals surface area (Å²) in [6, 6.07) is 0. The van der Waals surface area contributed by atoms with Gasteiger partial charge in [-0.05, 0) is 22.9 Å². The van der Waals surface area contributed by atoms with Crippen molar-refractivity contribution >= 4 is 21.9 Å². The maximum atomic E-state index is 10.7. The van der Waals surface area contributed by atoms with E-state index in [1.165, 1.54) is 0 Å². The van der Waals surface area contributed by atoms with Gasteiger partial charge < -0.3 is 5.11 Å². The molecule has 16 heavy (non-hydrogen) atoms. The molecule has 1 aromatic rings. The number of carbonyl (C=O) groups is 1. The largest absolute Gasteiger partial charge is 0.481 e. The third kappa shape index (κ3) is 1.99. The van der Waals surface area contributed by atoms with Gasteiger partial charge in [-0.15, -0.1) is 0 Å². The predicted molar refractivity (Wildman–Crippen MR) is 62.0 cm³/mol. The average Bonchev–Trinajstić information content (AvgIpc) is 2.35. The summed E-state index contributed by atoms with van der Waals surface area (Å²) in [6.45, 7) is 3.96. The molecule has 0 aromatic carbocycles. The lowest BCUT2D eigenvalue weighted by Gasteiger charge is -2.36. The molecule has 0 atom stereocenters. The average molecular weight is 288 g/mol. The monoisotopic (exact) mass is 287 g/mol. The van der Waals surface area contributed by atoms with Gasteiger partial charge >= 0.3 is 5.97 Å². The molecule has 6 heteroatoms. The first-order chi connectivity index (χ1) is 7.49. The first-order valence-electron chi connectivity index (χ1n) is 5.12. The highest BCUT2D eigenvalue weighted by molar-refractivity contribution is 9.10. The van der Waals surface area contributed by atoms with Crippen molar-refractivity contribution in [3.8, 4) is 0 Å². The molecular weight excluding hydrogens is 274 g/mol. The minimum Gasteiger partial charge on any atom is -0.481 e. The highest BCUT2D eigenvalue weighted by atomic mass is 79.9. The fourth-order valence-corrected chi connectivity index (χ4v) is 2.38. The van der Waals surface area contributed by atoms with Crippen LogP contribution < -0.4 is 0 Å². The lowest BCUT2D eigenvalue weighted by atomic mass is 10.0. The number of aromatic nitrogens is 2. The molecule has 2 rings (SSSR count). The molecule has 1 saturated heterocycles. The number of rotatable bonds is 3. The van der Waals surface area contributed by atoms with Gasteiger partial charge in [-0.3, -0.25) is 14.4 Å². The van der Waals surface area contributed by atoms with E-state index in [2.05, 4.69) is 25.9 Å². The number of aryl methyl sites for hydroxylation is 2. The van der Waals surface area contributed by atoms with Gasteiger partial charge in [-0.25, -0.2) is 0 Å². The van der Waals surface area contributed by atoms with Crippen LogP contribution >= 0.6 is 15.9 Å². The van der Waals surface area contributed by atoms with Crippen molar-refractivity contribution in [2.45, 2.75) is 13.5 Å². The van der Waals surface area contributed by atoms with Crippen LogP contribution in [0.3, 0.4) is 0 Å². The molecule has 1 aliphatic heterocycles. The molecule has 1 aromatic heterocycles. The van der Waals surface area contributed by atoms with E-state index in [1.54, 1.807) is 0 Å². The number of nitrogens with zero attached hydrogens (tertiary/aromatic N) is 3. The molecule has 0 bridgehead atoms. The molecule has 5 nitrogen and oxygen atoms in total. The number of halogens is 1. The van der Waals surface area contributed by atoms with Gasteiger partial charge in [-0.2, -0.15) is 5.10 Å². The normalized spacial score (nSPS) is 17.4. The van der Waals surface area contributed by atoms with Crippen molar-refractivity contribution in [3.05, 3.63) is 15.9 Å². The van der Waals surface area contributed by atoms with Crippen molar-refractivity contribution in [1.29, 1.82) is 0 Å². The molecule has 2 heterocycles. The van der Waals surface area contributed by atoms with Crippen LogP contribution in [0.4, 0.5) is 0 Å². The molecule has 0 unspecified atom stereocenters. The number of hydrogen-bond donors (Lipinski definition) is 1. The Morgan fingerprint density at radius 1 is 1.62 bits per heavy atom. The van der Waals surface area contributed by atoms with Crippen LogP contribution in [0.5, 0.6) is 0 Å². The van der Waals surface area contributed by atoms with Crippen LogP contribution in [-0.4, -0.2) is 38.8 Å². The zero-order chi connectivity index (χ0) is 11.9. The summed E-state index contributed by atoms with van der Waals surface area (Å²) in [5, 5.41) is 13.1. The second-order valence-corrected chi connectivity index (χ2v) is 4.99. The summed E-state index contributed by atoms with van der Waals surface area (Å²) in [7, 11) is 1.90. The fourth-order valence-electron chi connectivity index (χ4n) is 1.92. The van der Waals surface area contributed by atoms with Crippen LogP contribution in [0, 0.1) is 12.8 Å². The van der Waals surface area contributed by atoms with Crippen molar-refractivity contribution in [3.63, 3.8) is 0 Å². The standard InChI is InChI=1S/C10H14BrN3O2/c1-6-9(11)8(13(2)12-6)5-14-3-7(4-14)10(15)16/h7H,3-5H2,1-2H3,(H,15,16). The van der Waals surface area contributed by atoms with Gasteiger partial charge in [0, 0.05) is 26.7 Å². The van der Waals surface area contributed by atoms with Gasteiger partial charge in [-0.1, -0.05) is 0 Å². The van der Waals surface area contributed by atoms with E-state index in [9.17, 15) is 4.79 Å². The second kappa shape index (κ2) is 4.18. The molecule has 88 valence electrons. The van der Waals surface area contributed by atoms with Gasteiger partial charge in [0.15, 0.2) is 0 Å². The first kappa shape index (κ1) is 11.6. The van der Waals surface area contributed by atoms with Gasteiger partial charge in [0.2, 0.25) is 0 Å². The second-order valence-electron chi connectivity index (χ2n) is 4.20.